The van der Waals surface area contributed by atoms with Gasteiger partial charge in [-0.25, -0.2) is 4.99 Å². The lowest BCUT2D eigenvalue weighted by molar-refractivity contribution is 0.239. The molecule has 0 aromatic heterocycles. The number of rotatable bonds is 7. The first kappa shape index (κ1) is 19.3. The fourth-order valence-electron chi connectivity index (χ4n) is 2.37. The zero-order chi connectivity index (χ0) is 18.9. The van der Waals surface area contributed by atoms with Crippen molar-refractivity contribution in [3.63, 3.8) is 0 Å². The van der Waals surface area contributed by atoms with Gasteiger partial charge < -0.3 is 15.8 Å². The SMILES string of the molecule is C/C=C(/C)NC(/C=C1N=C(/C=C/c2ccccc2N)C=C\1OCC)=C/C. The van der Waals surface area contributed by atoms with Gasteiger partial charge in [0.2, 0.25) is 0 Å². The summed E-state index contributed by atoms with van der Waals surface area (Å²) in [5.41, 5.74) is 11.4. The summed E-state index contributed by atoms with van der Waals surface area (Å²) in [6.07, 6.45) is 11.9. The largest absolute Gasteiger partial charge is 0.492 e. The topological polar surface area (TPSA) is 59.6 Å². The maximum absolute atomic E-state index is 5.99. The van der Waals surface area contributed by atoms with Crippen LogP contribution in [0, 0.1) is 0 Å². The minimum Gasteiger partial charge on any atom is -0.492 e. The van der Waals surface area contributed by atoms with Gasteiger partial charge in [-0.15, -0.1) is 0 Å². The fraction of sp³-hybridized carbons (Fsp3) is 0.227. The maximum Gasteiger partial charge on any atom is 0.147 e. The van der Waals surface area contributed by atoms with Gasteiger partial charge >= 0.3 is 0 Å². The summed E-state index contributed by atoms with van der Waals surface area (Å²) in [5.74, 6) is 0.771. The zero-order valence-corrected chi connectivity index (χ0v) is 15.9. The van der Waals surface area contributed by atoms with E-state index in [2.05, 4.69) is 10.3 Å². The van der Waals surface area contributed by atoms with E-state index < -0.39 is 0 Å². The van der Waals surface area contributed by atoms with Crippen molar-refractivity contribution in [3.05, 3.63) is 83.1 Å². The fourth-order valence-corrected chi connectivity index (χ4v) is 2.37. The Balaban J connectivity index is 2.27. The highest BCUT2D eigenvalue weighted by Crippen LogP contribution is 2.23. The second-order valence-electron chi connectivity index (χ2n) is 5.81. The Kier molecular flexibility index (Phi) is 7.03. The van der Waals surface area contributed by atoms with Gasteiger partial charge in [-0.3, -0.25) is 0 Å². The van der Waals surface area contributed by atoms with E-state index in [4.69, 9.17) is 10.5 Å². The van der Waals surface area contributed by atoms with Crippen LogP contribution in [-0.2, 0) is 4.74 Å². The molecule has 4 heteroatoms. The van der Waals surface area contributed by atoms with Gasteiger partial charge in [0.05, 0.1) is 12.3 Å². The van der Waals surface area contributed by atoms with E-state index in [0.29, 0.717) is 6.61 Å². The third kappa shape index (κ3) is 5.24. The number of ether oxygens (including phenoxy) is 1. The van der Waals surface area contributed by atoms with Gasteiger partial charge in [0.25, 0.3) is 0 Å². The average molecular weight is 349 g/mol. The Hall–Kier alpha value is -3.01. The van der Waals surface area contributed by atoms with Crippen LogP contribution < -0.4 is 11.1 Å². The Morgan fingerprint density at radius 1 is 1.19 bits per heavy atom. The molecule has 0 saturated heterocycles. The number of hydrogen-bond acceptors (Lipinski definition) is 4. The third-order valence-electron chi connectivity index (χ3n) is 3.89. The maximum atomic E-state index is 5.99. The summed E-state index contributed by atoms with van der Waals surface area (Å²) in [5, 5.41) is 3.35. The van der Waals surface area contributed by atoms with Gasteiger partial charge in [0, 0.05) is 23.2 Å². The van der Waals surface area contributed by atoms with Crippen LogP contribution in [0.3, 0.4) is 0 Å². The molecule has 2 rings (SSSR count). The lowest BCUT2D eigenvalue weighted by Crippen LogP contribution is -2.09. The number of nitrogens with zero attached hydrogens (tertiary/aromatic N) is 1. The van der Waals surface area contributed by atoms with Crippen molar-refractivity contribution in [2.45, 2.75) is 27.7 Å². The molecule has 4 nitrogen and oxygen atoms in total. The molecule has 136 valence electrons. The summed E-state index contributed by atoms with van der Waals surface area (Å²) in [6.45, 7) is 8.57. The number of nitrogens with two attached hydrogens (primary N) is 1. The summed E-state index contributed by atoms with van der Waals surface area (Å²) < 4.78 is 5.75. The van der Waals surface area contributed by atoms with Crippen LogP contribution in [0.4, 0.5) is 5.69 Å². The van der Waals surface area contributed by atoms with Crippen LogP contribution in [-0.4, -0.2) is 12.3 Å². The summed E-state index contributed by atoms with van der Waals surface area (Å²) in [6, 6.07) is 7.75. The molecule has 26 heavy (non-hydrogen) atoms. The molecule has 0 unspecified atom stereocenters. The van der Waals surface area contributed by atoms with E-state index in [-0.39, 0.29) is 0 Å². The number of allylic oxidation sites excluding steroid dienone is 6. The predicted molar refractivity (Wildman–Crippen MR) is 111 cm³/mol. The average Bonchev–Trinajstić information content (AvgIpc) is 3.02. The van der Waals surface area contributed by atoms with Crippen LogP contribution in [0.2, 0.25) is 0 Å². The van der Waals surface area contributed by atoms with E-state index in [1.165, 1.54) is 0 Å². The van der Waals surface area contributed by atoms with E-state index >= 15 is 0 Å². The normalized spacial score (nSPS) is 16.8. The number of benzene rings is 1. The number of hydrogen-bond donors (Lipinski definition) is 2. The molecular weight excluding hydrogens is 322 g/mol. The summed E-state index contributed by atoms with van der Waals surface area (Å²) >= 11 is 0. The highest BCUT2D eigenvalue weighted by atomic mass is 16.5. The lowest BCUT2D eigenvalue weighted by atomic mass is 10.1. The number of nitrogens with one attached hydrogen (secondary N) is 1. The van der Waals surface area contributed by atoms with Gasteiger partial charge in [0.15, 0.2) is 0 Å². The number of aliphatic imine (C=N–C) groups is 1. The van der Waals surface area contributed by atoms with Gasteiger partial charge in [0.1, 0.15) is 11.5 Å². The Bertz CT molecular complexity index is 824. The Morgan fingerprint density at radius 2 is 1.96 bits per heavy atom. The van der Waals surface area contributed by atoms with Crippen molar-refractivity contribution in [2.24, 2.45) is 4.99 Å². The molecule has 0 atom stereocenters. The molecule has 1 aliphatic heterocycles. The zero-order valence-electron chi connectivity index (χ0n) is 15.9. The van der Waals surface area contributed by atoms with Crippen molar-refractivity contribution in [3.8, 4) is 0 Å². The molecule has 0 saturated carbocycles. The Labute approximate surface area is 156 Å². The highest BCUT2D eigenvalue weighted by Gasteiger charge is 2.14. The smallest absolute Gasteiger partial charge is 0.147 e. The van der Waals surface area contributed by atoms with E-state index in [0.717, 1.165) is 39.8 Å². The molecule has 0 aliphatic carbocycles. The predicted octanol–water partition coefficient (Wildman–Crippen LogP) is 4.96. The molecule has 1 aromatic rings. The van der Waals surface area contributed by atoms with E-state index in [9.17, 15) is 0 Å². The second-order valence-corrected chi connectivity index (χ2v) is 5.81. The lowest BCUT2D eigenvalue weighted by Gasteiger charge is -2.09. The highest BCUT2D eigenvalue weighted by molar-refractivity contribution is 6.09. The summed E-state index contributed by atoms with van der Waals surface area (Å²) in [4.78, 5) is 4.69. The van der Waals surface area contributed by atoms with Crippen molar-refractivity contribution >= 4 is 17.5 Å². The van der Waals surface area contributed by atoms with Gasteiger partial charge in [-0.05, 0) is 51.5 Å². The molecule has 0 amide bonds. The molecule has 1 aliphatic rings. The number of nitrogen functional groups attached to an aromatic ring is 1. The first-order chi connectivity index (χ1) is 12.6. The molecular formula is C22H27N3O. The van der Waals surface area contributed by atoms with Crippen molar-refractivity contribution in [1.82, 2.24) is 5.32 Å². The molecule has 3 N–H and O–H groups in total. The molecule has 1 heterocycles. The second kappa shape index (κ2) is 9.47. The first-order valence-electron chi connectivity index (χ1n) is 8.81. The Morgan fingerprint density at radius 3 is 2.62 bits per heavy atom. The molecule has 1 aromatic carbocycles. The minimum atomic E-state index is 0.591. The van der Waals surface area contributed by atoms with Crippen LogP contribution in [0.5, 0.6) is 0 Å². The molecule has 0 radical (unpaired) electrons. The number of para-hydroxylation sites is 1. The summed E-state index contributed by atoms with van der Waals surface area (Å²) in [7, 11) is 0. The minimum absolute atomic E-state index is 0.591. The van der Waals surface area contributed by atoms with Gasteiger partial charge in [-0.1, -0.05) is 36.4 Å². The third-order valence-corrected chi connectivity index (χ3v) is 3.89. The molecule has 0 bridgehead atoms. The van der Waals surface area contributed by atoms with Gasteiger partial charge in [-0.2, -0.15) is 0 Å². The molecule has 0 fully saturated rings. The first-order valence-corrected chi connectivity index (χ1v) is 8.81. The standard InChI is InChI=1S/C22H27N3O/c1-5-16(4)24-18(6-2)14-21-22(26-7-3)15-19(25-21)13-12-17-10-8-9-11-20(17)23/h5-6,8-15,24H,7,23H2,1-4H3/b13-12+,16-5-,18-6+,21-14-. The van der Waals surface area contributed by atoms with Crippen molar-refractivity contribution in [1.29, 1.82) is 0 Å². The molecule has 0 spiro atoms. The van der Waals surface area contributed by atoms with Crippen LogP contribution in [0.1, 0.15) is 33.3 Å². The van der Waals surface area contributed by atoms with E-state index in [1.807, 2.05) is 88.4 Å². The van der Waals surface area contributed by atoms with Crippen LogP contribution >= 0.6 is 0 Å². The monoisotopic (exact) mass is 349 g/mol. The quantitative estimate of drug-likeness (QED) is 0.684. The number of anilines is 1. The van der Waals surface area contributed by atoms with E-state index in [1.54, 1.807) is 0 Å². The van der Waals surface area contributed by atoms with Crippen LogP contribution in [0.15, 0.2) is 82.5 Å². The van der Waals surface area contributed by atoms with Crippen molar-refractivity contribution < 1.29 is 4.74 Å². The van der Waals surface area contributed by atoms with Crippen molar-refractivity contribution in [2.75, 3.05) is 12.3 Å². The van der Waals surface area contributed by atoms with Crippen LogP contribution in [0.25, 0.3) is 6.08 Å².